The number of hydrogen-bond donors (Lipinski definition) is 2. The number of carbonyl (C=O) groups is 1. The Morgan fingerprint density at radius 1 is 1.37 bits per heavy atom. The highest BCUT2D eigenvalue weighted by Crippen LogP contribution is 2.35. The zero-order valence-electron chi connectivity index (χ0n) is 11.4. The molecule has 5 nitrogen and oxygen atoms in total. The van der Waals surface area contributed by atoms with Gasteiger partial charge in [-0.2, -0.15) is 0 Å². The van der Waals surface area contributed by atoms with Crippen molar-refractivity contribution in [2.75, 3.05) is 42.6 Å². The molecule has 3 N–H and O–H groups in total. The molecule has 5 heteroatoms. The number of amides is 1. The van der Waals surface area contributed by atoms with Gasteiger partial charge in [0.15, 0.2) is 0 Å². The van der Waals surface area contributed by atoms with Crippen LogP contribution in [0.2, 0.25) is 0 Å². The van der Waals surface area contributed by atoms with E-state index in [9.17, 15) is 4.79 Å². The molecule has 1 fully saturated rings. The van der Waals surface area contributed by atoms with E-state index in [4.69, 9.17) is 5.73 Å². The quantitative estimate of drug-likeness (QED) is 0.737. The van der Waals surface area contributed by atoms with Crippen LogP contribution in [-0.2, 0) is 11.2 Å². The van der Waals surface area contributed by atoms with Crippen LogP contribution < -0.4 is 16.0 Å². The third-order valence-corrected chi connectivity index (χ3v) is 4.02. The van der Waals surface area contributed by atoms with Crippen molar-refractivity contribution < 1.29 is 4.79 Å². The summed E-state index contributed by atoms with van der Waals surface area (Å²) in [5.74, 6) is 0.0537. The molecule has 1 amide bonds. The van der Waals surface area contributed by atoms with Gasteiger partial charge >= 0.3 is 0 Å². The monoisotopic (exact) mass is 260 g/mol. The maximum absolute atomic E-state index is 11.4. The molecule has 0 spiro atoms. The molecule has 2 heterocycles. The van der Waals surface area contributed by atoms with Crippen molar-refractivity contribution >= 4 is 23.0 Å². The second-order valence-corrected chi connectivity index (χ2v) is 5.60. The van der Waals surface area contributed by atoms with Gasteiger partial charge in [0.05, 0.1) is 17.8 Å². The minimum absolute atomic E-state index is 0.0537. The number of anilines is 3. The number of nitrogens with one attached hydrogen (secondary N) is 1. The van der Waals surface area contributed by atoms with E-state index in [0.717, 1.165) is 42.3 Å². The number of piperazine rings is 1. The van der Waals surface area contributed by atoms with E-state index < -0.39 is 0 Å². The van der Waals surface area contributed by atoms with Crippen LogP contribution in [0.3, 0.4) is 0 Å². The minimum Gasteiger partial charge on any atom is -0.397 e. The van der Waals surface area contributed by atoms with Gasteiger partial charge in [-0.15, -0.1) is 0 Å². The Labute approximate surface area is 113 Å². The van der Waals surface area contributed by atoms with Gasteiger partial charge in [-0.25, -0.2) is 0 Å². The molecular formula is C14H20N4O. The van der Waals surface area contributed by atoms with Crippen molar-refractivity contribution in [3.63, 3.8) is 0 Å². The van der Waals surface area contributed by atoms with Crippen LogP contribution in [-0.4, -0.2) is 43.5 Å². The zero-order chi connectivity index (χ0) is 13.6. The summed E-state index contributed by atoms with van der Waals surface area (Å²) in [5, 5.41) is 2.90. The van der Waals surface area contributed by atoms with Crippen LogP contribution in [0.1, 0.15) is 12.5 Å². The maximum Gasteiger partial charge on any atom is 0.228 e. The molecule has 0 radical (unpaired) electrons. The average Bonchev–Trinajstić information content (AvgIpc) is 2.68. The molecule has 3 rings (SSSR count). The Hall–Kier alpha value is -1.75. The molecule has 0 saturated carbocycles. The highest BCUT2D eigenvalue weighted by atomic mass is 16.1. The summed E-state index contributed by atoms with van der Waals surface area (Å²) in [5.41, 5.74) is 9.91. The lowest BCUT2D eigenvalue weighted by atomic mass is 10.1. The number of fused-ring (bicyclic) bond motifs is 1. The Morgan fingerprint density at radius 3 is 2.89 bits per heavy atom. The van der Waals surface area contributed by atoms with Crippen molar-refractivity contribution in [1.82, 2.24) is 4.90 Å². The van der Waals surface area contributed by atoms with Gasteiger partial charge in [-0.1, -0.05) is 0 Å². The molecule has 0 aromatic heterocycles. The lowest BCUT2D eigenvalue weighted by Crippen LogP contribution is -2.50. The summed E-state index contributed by atoms with van der Waals surface area (Å²) in [6.07, 6.45) is 0.443. The van der Waals surface area contributed by atoms with E-state index in [-0.39, 0.29) is 5.91 Å². The predicted molar refractivity (Wildman–Crippen MR) is 77.5 cm³/mol. The van der Waals surface area contributed by atoms with Crippen LogP contribution >= 0.6 is 0 Å². The molecule has 1 aromatic carbocycles. The number of benzene rings is 1. The zero-order valence-corrected chi connectivity index (χ0v) is 11.4. The van der Waals surface area contributed by atoms with E-state index in [0.29, 0.717) is 12.5 Å². The maximum atomic E-state index is 11.4. The number of nitrogens with zero attached hydrogens (tertiary/aromatic N) is 2. The van der Waals surface area contributed by atoms with E-state index in [2.05, 4.69) is 29.1 Å². The summed E-state index contributed by atoms with van der Waals surface area (Å²) < 4.78 is 0. The van der Waals surface area contributed by atoms with Gasteiger partial charge in [0.2, 0.25) is 5.91 Å². The lowest BCUT2D eigenvalue weighted by Gasteiger charge is -2.40. The topological polar surface area (TPSA) is 61.6 Å². The van der Waals surface area contributed by atoms with Gasteiger partial charge < -0.3 is 20.9 Å². The van der Waals surface area contributed by atoms with Crippen LogP contribution in [0.5, 0.6) is 0 Å². The molecule has 102 valence electrons. The van der Waals surface area contributed by atoms with Crippen molar-refractivity contribution in [1.29, 1.82) is 0 Å². The fraction of sp³-hybridized carbons (Fsp3) is 0.500. The van der Waals surface area contributed by atoms with Crippen LogP contribution in [0.4, 0.5) is 17.1 Å². The normalized spacial score (nSPS) is 23.4. The smallest absolute Gasteiger partial charge is 0.228 e. The van der Waals surface area contributed by atoms with Crippen molar-refractivity contribution in [3.8, 4) is 0 Å². The minimum atomic E-state index is 0.0537. The van der Waals surface area contributed by atoms with Gasteiger partial charge in [0.1, 0.15) is 0 Å². The van der Waals surface area contributed by atoms with Crippen molar-refractivity contribution in [3.05, 3.63) is 17.7 Å². The molecule has 1 saturated heterocycles. The Morgan fingerprint density at radius 2 is 2.16 bits per heavy atom. The Bertz CT molecular complexity index is 528. The summed E-state index contributed by atoms with van der Waals surface area (Å²) in [4.78, 5) is 16.1. The Balaban J connectivity index is 1.93. The second kappa shape index (κ2) is 4.42. The molecule has 1 atom stereocenters. The molecular weight excluding hydrogens is 240 g/mol. The molecule has 0 aliphatic carbocycles. The number of likely N-dealkylation sites (N-methyl/N-ethyl adjacent to an activating group) is 1. The van der Waals surface area contributed by atoms with E-state index in [1.165, 1.54) is 0 Å². The van der Waals surface area contributed by atoms with E-state index in [1.54, 1.807) is 0 Å². The summed E-state index contributed by atoms with van der Waals surface area (Å²) >= 11 is 0. The van der Waals surface area contributed by atoms with Crippen LogP contribution in [0, 0.1) is 0 Å². The number of rotatable bonds is 1. The lowest BCUT2D eigenvalue weighted by molar-refractivity contribution is -0.115. The standard InChI is InChI=1S/C14H20N4O/c1-9-8-17(2)3-4-18(9)13-7-12-10(5-11(13)15)6-14(19)16-12/h5,7,9H,3-4,6,8,15H2,1-2H3,(H,16,19). The van der Waals surface area contributed by atoms with Gasteiger partial charge in [0.25, 0.3) is 0 Å². The first-order chi connectivity index (χ1) is 9.04. The third-order valence-electron chi connectivity index (χ3n) is 4.02. The first kappa shape index (κ1) is 12.3. The number of carbonyl (C=O) groups excluding carboxylic acids is 1. The highest BCUT2D eigenvalue weighted by molar-refractivity contribution is 6.01. The van der Waals surface area contributed by atoms with Gasteiger partial charge in [-0.3, -0.25) is 4.79 Å². The summed E-state index contributed by atoms with van der Waals surface area (Å²) in [6.45, 7) is 5.24. The van der Waals surface area contributed by atoms with Gasteiger partial charge in [0, 0.05) is 31.4 Å². The first-order valence-electron chi connectivity index (χ1n) is 6.72. The summed E-state index contributed by atoms with van der Waals surface area (Å²) in [7, 11) is 2.14. The molecule has 0 bridgehead atoms. The third kappa shape index (κ3) is 2.14. The molecule has 19 heavy (non-hydrogen) atoms. The molecule has 1 unspecified atom stereocenters. The summed E-state index contributed by atoms with van der Waals surface area (Å²) in [6, 6.07) is 4.39. The fourth-order valence-electron chi connectivity index (χ4n) is 3.03. The second-order valence-electron chi connectivity index (χ2n) is 5.60. The number of nitrogen functional groups attached to an aromatic ring is 1. The van der Waals surface area contributed by atoms with Crippen LogP contribution in [0.15, 0.2) is 12.1 Å². The number of hydrogen-bond acceptors (Lipinski definition) is 4. The predicted octanol–water partition coefficient (Wildman–Crippen LogP) is 0.904. The molecule has 2 aliphatic rings. The van der Waals surface area contributed by atoms with Gasteiger partial charge in [-0.05, 0) is 31.7 Å². The van der Waals surface area contributed by atoms with Crippen molar-refractivity contribution in [2.45, 2.75) is 19.4 Å². The molecule has 2 aliphatic heterocycles. The van der Waals surface area contributed by atoms with E-state index in [1.807, 2.05) is 12.1 Å². The highest BCUT2D eigenvalue weighted by Gasteiger charge is 2.26. The van der Waals surface area contributed by atoms with Crippen molar-refractivity contribution in [2.24, 2.45) is 0 Å². The Kier molecular flexibility index (Phi) is 2.86. The number of nitrogens with two attached hydrogens (primary N) is 1. The van der Waals surface area contributed by atoms with E-state index >= 15 is 0 Å². The average molecular weight is 260 g/mol. The molecule has 1 aromatic rings. The fourth-order valence-corrected chi connectivity index (χ4v) is 3.03. The van der Waals surface area contributed by atoms with Crippen LogP contribution in [0.25, 0.3) is 0 Å². The first-order valence-corrected chi connectivity index (χ1v) is 6.72. The SMILES string of the molecule is CC1CN(C)CCN1c1cc2c(cc1N)CC(=O)N2. The largest absolute Gasteiger partial charge is 0.397 e.